The number of aliphatic hydroxyl groups is 2. The highest BCUT2D eigenvalue weighted by atomic mass is 16.7. The van der Waals surface area contributed by atoms with Crippen LogP contribution in [0.25, 0.3) is 0 Å². The number of carbonyl (C=O) groups excluding carboxylic acids is 5. The summed E-state index contributed by atoms with van der Waals surface area (Å²) in [6, 6.07) is -0.796. The van der Waals surface area contributed by atoms with Crippen molar-refractivity contribution < 1.29 is 72.1 Å². The highest BCUT2D eigenvalue weighted by molar-refractivity contribution is 5.91. The Balaban J connectivity index is 1.98. The first kappa shape index (κ1) is 49.3. The molecule has 15 atom stereocenters. The standard InChI is InChI=1S/C42H67NO15/c1-23(2)19-32(47)56-40-27(6)53-34(22-42(40,8)50)57-37-26(5)54-41(36(49)35(37)43(9)10)58-38-29(17-18-44)20-24(3)30(46)16-14-12-13-15-25(4)52-33(48)21-31(39(38)51-11)55-28(7)45/h12-14,16,18,23-27,29,31,34-41,49-50H,15,17,19-22H2,1-11H3/b13-12+,16-14+/t24-,25-,26?,27?,29+,31-,34?,35?,36?,37?,38+,39+,40?,41?,42?/m1/s1. The van der Waals surface area contributed by atoms with Gasteiger partial charge in [0.1, 0.15) is 42.4 Å². The van der Waals surface area contributed by atoms with E-state index >= 15 is 0 Å². The molecule has 330 valence electrons. The zero-order valence-electron chi connectivity index (χ0n) is 35.9. The van der Waals surface area contributed by atoms with Crippen LogP contribution in [0, 0.1) is 17.8 Å². The molecule has 2 saturated heterocycles. The van der Waals surface area contributed by atoms with Gasteiger partial charge in [-0.15, -0.1) is 0 Å². The minimum Gasteiger partial charge on any atom is -0.462 e. The number of rotatable bonds is 12. The van der Waals surface area contributed by atoms with Crippen LogP contribution in [-0.4, -0.2) is 145 Å². The van der Waals surface area contributed by atoms with E-state index in [0.29, 0.717) is 12.7 Å². The molecule has 3 aliphatic rings. The molecule has 58 heavy (non-hydrogen) atoms. The maximum atomic E-state index is 13.2. The Bertz CT molecular complexity index is 1430. The number of aldehydes is 1. The van der Waals surface area contributed by atoms with Crippen molar-refractivity contribution in [3.8, 4) is 0 Å². The molecule has 3 aliphatic heterocycles. The molecule has 0 aromatic carbocycles. The fraction of sp³-hybridized carbons (Fsp3) is 0.786. The molecule has 3 heterocycles. The van der Waals surface area contributed by atoms with Crippen LogP contribution < -0.4 is 0 Å². The van der Waals surface area contributed by atoms with Gasteiger partial charge in [0.15, 0.2) is 24.5 Å². The first-order chi connectivity index (χ1) is 27.2. The van der Waals surface area contributed by atoms with Crippen molar-refractivity contribution in [2.45, 2.75) is 173 Å². The van der Waals surface area contributed by atoms with Gasteiger partial charge >= 0.3 is 17.9 Å². The van der Waals surface area contributed by atoms with E-state index in [9.17, 15) is 34.2 Å². The van der Waals surface area contributed by atoms with Gasteiger partial charge in [-0.1, -0.05) is 39.0 Å². The second kappa shape index (κ2) is 22.5. The van der Waals surface area contributed by atoms with Crippen molar-refractivity contribution in [3.05, 3.63) is 24.3 Å². The third-order valence-electron chi connectivity index (χ3n) is 10.8. The predicted molar refractivity (Wildman–Crippen MR) is 209 cm³/mol. The van der Waals surface area contributed by atoms with Gasteiger partial charge in [-0.05, 0) is 66.1 Å². The molecule has 0 bridgehead atoms. The Morgan fingerprint density at radius 2 is 1.71 bits per heavy atom. The lowest BCUT2D eigenvalue weighted by molar-refractivity contribution is -0.344. The fourth-order valence-corrected chi connectivity index (χ4v) is 7.98. The highest BCUT2D eigenvalue weighted by Crippen LogP contribution is 2.37. The van der Waals surface area contributed by atoms with Gasteiger partial charge in [-0.2, -0.15) is 0 Å². The van der Waals surface area contributed by atoms with E-state index < -0.39 is 115 Å². The normalized spacial score (nSPS) is 39.4. The van der Waals surface area contributed by atoms with E-state index in [1.54, 1.807) is 71.8 Å². The number of ether oxygens (including phenoxy) is 8. The number of hydrogen-bond acceptors (Lipinski definition) is 16. The zero-order chi connectivity index (χ0) is 43.5. The summed E-state index contributed by atoms with van der Waals surface area (Å²) in [7, 11) is 4.82. The molecular weight excluding hydrogens is 758 g/mol. The second-order valence-corrected chi connectivity index (χ2v) is 16.8. The SMILES string of the molecule is CO[C@@H]1[C@@H](OC2OC(C)C(OC3CC(C)(O)C(OC(=O)CC(C)C)C(C)O3)C(N(C)C)C2O)[C@@H](CC=O)C[C@@H](C)C(=O)/C=C/C=C/C[C@@H](C)OC(=O)C[C@H]1OC(C)=O. The number of methoxy groups -OCH3 is 1. The smallest absolute Gasteiger partial charge is 0.309 e. The summed E-state index contributed by atoms with van der Waals surface area (Å²) in [5.41, 5.74) is -1.51. The van der Waals surface area contributed by atoms with Crippen LogP contribution in [-0.2, 0) is 61.9 Å². The molecule has 0 spiro atoms. The molecule has 16 heteroatoms. The first-order valence-corrected chi connectivity index (χ1v) is 20.3. The first-order valence-electron chi connectivity index (χ1n) is 20.3. The van der Waals surface area contributed by atoms with Crippen LogP contribution in [0.3, 0.4) is 0 Å². The van der Waals surface area contributed by atoms with Gasteiger partial charge in [0.2, 0.25) is 0 Å². The minimum absolute atomic E-state index is 0.0531. The summed E-state index contributed by atoms with van der Waals surface area (Å²) in [5.74, 6) is -3.31. The van der Waals surface area contributed by atoms with Crippen LogP contribution in [0.5, 0.6) is 0 Å². The lowest BCUT2D eigenvalue weighted by atomic mass is 9.83. The van der Waals surface area contributed by atoms with Crippen molar-refractivity contribution in [3.63, 3.8) is 0 Å². The monoisotopic (exact) mass is 825 g/mol. The number of cyclic esters (lactones) is 1. The quantitative estimate of drug-likeness (QED) is 0.165. The van der Waals surface area contributed by atoms with Gasteiger partial charge in [0.25, 0.3) is 0 Å². The van der Waals surface area contributed by atoms with Crippen molar-refractivity contribution in [1.29, 1.82) is 0 Å². The molecule has 0 amide bonds. The second-order valence-electron chi connectivity index (χ2n) is 16.8. The molecule has 3 rings (SSSR count). The Morgan fingerprint density at radius 1 is 1.02 bits per heavy atom. The Hall–Kier alpha value is -3.09. The number of aliphatic hydroxyl groups excluding tert-OH is 1. The predicted octanol–water partition coefficient (Wildman–Crippen LogP) is 3.22. The molecule has 0 aromatic heterocycles. The number of nitrogens with zero attached hydrogens (tertiary/aromatic N) is 1. The number of ketones is 1. The molecule has 0 radical (unpaired) electrons. The minimum atomic E-state index is -1.51. The molecule has 2 fully saturated rings. The summed E-state index contributed by atoms with van der Waals surface area (Å²) >= 11 is 0. The largest absolute Gasteiger partial charge is 0.462 e. The summed E-state index contributed by atoms with van der Waals surface area (Å²) in [6.45, 7) is 13.4. The van der Waals surface area contributed by atoms with Crippen LogP contribution in [0.2, 0.25) is 0 Å². The Morgan fingerprint density at radius 3 is 2.29 bits per heavy atom. The number of likely N-dealkylation sites (N-methyl/N-ethyl adjacent to an activating group) is 1. The van der Waals surface area contributed by atoms with E-state index in [0.717, 1.165) is 0 Å². The maximum Gasteiger partial charge on any atom is 0.309 e. The number of hydrogen-bond donors (Lipinski definition) is 2. The van der Waals surface area contributed by atoms with E-state index in [1.165, 1.54) is 20.1 Å². The summed E-state index contributed by atoms with van der Waals surface area (Å²) < 4.78 is 48.4. The van der Waals surface area contributed by atoms with Crippen LogP contribution in [0.15, 0.2) is 24.3 Å². The summed E-state index contributed by atoms with van der Waals surface area (Å²) in [5, 5.41) is 23.5. The third kappa shape index (κ3) is 14.0. The van der Waals surface area contributed by atoms with Gasteiger partial charge < -0.3 is 57.8 Å². The Kier molecular flexibility index (Phi) is 19.1. The average Bonchev–Trinajstić information content (AvgIpc) is 3.09. The molecule has 9 unspecified atom stereocenters. The van der Waals surface area contributed by atoms with Gasteiger partial charge in [-0.3, -0.25) is 19.2 Å². The number of esters is 3. The van der Waals surface area contributed by atoms with Crippen LogP contribution in [0.1, 0.15) is 93.9 Å². The molecule has 16 nitrogen and oxygen atoms in total. The van der Waals surface area contributed by atoms with Gasteiger partial charge in [0, 0.05) is 45.6 Å². The van der Waals surface area contributed by atoms with Crippen molar-refractivity contribution in [2.24, 2.45) is 17.8 Å². The molecule has 0 aromatic rings. The lowest BCUT2D eigenvalue weighted by Gasteiger charge is -2.50. The van der Waals surface area contributed by atoms with Crippen molar-refractivity contribution in [2.75, 3.05) is 21.2 Å². The van der Waals surface area contributed by atoms with Crippen molar-refractivity contribution >= 4 is 30.0 Å². The van der Waals surface area contributed by atoms with Gasteiger partial charge in [0.05, 0.1) is 30.8 Å². The number of allylic oxidation sites excluding steroid dienone is 3. The average molecular weight is 826 g/mol. The molecule has 0 saturated carbocycles. The van der Waals surface area contributed by atoms with E-state index in [1.807, 2.05) is 13.8 Å². The van der Waals surface area contributed by atoms with Crippen LogP contribution in [0.4, 0.5) is 0 Å². The van der Waals surface area contributed by atoms with E-state index in [4.69, 9.17) is 37.9 Å². The van der Waals surface area contributed by atoms with E-state index in [-0.39, 0.29) is 37.4 Å². The van der Waals surface area contributed by atoms with E-state index in [2.05, 4.69) is 0 Å². The molecule has 2 N–H and O–H groups in total. The fourth-order valence-electron chi connectivity index (χ4n) is 7.98. The number of carbonyl (C=O) groups is 5. The molecule has 0 aliphatic carbocycles. The topological polar surface area (TPSA) is 203 Å². The molecular formula is C42H67NO15. The summed E-state index contributed by atoms with van der Waals surface area (Å²) in [6.07, 6.45) is -4.02. The lowest BCUT2D eigenvalue weighted by Crippen LogP contribution is -2.66. The Labute approximate surface area is 342 Å². The van der Waals surface area contributed by atoms with Crippen LogP contribution >= 0.6 is 0 Å². The maximum absolute atomic E-state index is 13.2. The highest BCUT2D eigenvalue weighted by Gasteiger charge is 2.53. The zero-order valence-corrected chi connectivity index (χ0v) is 35.9. The van der Waals surface area contributed by atoms with Crippen molar-refractivity contribution in [1.82, 2.24) is 4.90 Å². The van der Waals surface area contributed by atoms with Gasteiger partial charge in [-0.25, -0.2) is 0 Å². The third-order valence-corrected chi connectivity index (χ3v) is 10.8. The summed E-state index contributed by atoms with van der Waals surface area (Å²) in [4.78, 5) is 65.4.